The fourth-order valence-electron chi connectivity index (χ4n) is 2.96. The molecule has 2 aromatic rings. The first kappa shape index (κ1) is 20.6. The van der Waals surface area contributed by atoms with Gasteiger partial charge in [0, 0.05) is 23.9 Å². The zero-order chi connectivity index (χ0) is 21.2. The number of hydrogen-bond acceptors (Lipinski definition) is 6. The maximum atomic E-state index is 14.8. The molecule has 154 valence electrons. The van der Waals surface area contributed by atoms with Gasteiger partial charge in [-0.15, -0.1) is 0 Å². The van der Waals surface area contributed by atoms with Crippen LogP contribution < -0.4 is 15.8 Å². The van der Waals surface area contributed by atoms with Crippen molar-refractivity contribution >= 4 is 17.8 Å². The number of carbonyl (C=O) groups excluding carboxylic acids is 1. The SMILES string of the molecule is COc1cnc(C(=O)Nc2ccc(F)c(C3(CF)N=CCC(N)C3(F)F)c2)cn1. The second-order valence-corrected chi connectivity index (χ2v) is 6.36. The van der Waals surface area contributed by atoms with Crippen molar-refractivity contribution in [2.75, 3.05) is 19.1 Å². The molecule has 0 spiro atoms. The number of aromatic nitrogens is 2. The predicted molar refractivity (Wildman–Crippen MR) is 96.6 cm³/mol. The van der Waals surface area contributed by atoms with Gasteiger partial charge < -0.3 is 15.8 Å². The third kappa shape index (κ3) is 3.53. The Balaban J connectivity index is 1.96. The Morgan fingerprint density at radius 2 is 2.10 bits per heavy atom. The lowest BCUT2D eigenvalue weighted by Crippen LogP contribution is -2.59. The number of nitrogens with zero attached hydrogens (tertiary/aromatic N) is 3. The van der Waals surface area contributed by atoms with Gasteiger partial charge in [-0.25, -0.2) is 27.5 Å². The summed E-state index contributed by atoms with van der Waals surface area (Å²) in [5.41, 5.74) is 1.76. The first-order chi connectivity index (χ1) is 13.7. The first-order valence-electron chi connectivity index (χ1n) is 8.45. The molecule has 0 saturated heterocycles. The first-order valence-corrected chi connectivity index (χ1v) is 8.45. The van der Waals surface area contributed by atoms with Crippen molar-refractivity contribution < 1.29 is 27.1 Å². The normalized spacial score (nSPS) is 22.9. The third-order valence-corrected chi connectivity index (χ3v) is 4.62. The van der Waals surface area contributed by atoms with Crippen LogP contribution in [-0.4, -0.2) is 47.8 Å². The minimum absolute atomic E-state index is 0.0537. The smallest absolute Gasteiger partial charge is 0.294 e. The number of halogens is 4. The molecule has 1 amide bonds. The number of amides is 1. The van der Waals surface area contributed by atoms with E-state index in [1.54, 1.807) is 0 Å². The highest BCUT2D eigenvalue weighted by Crippen LogP contribution is 2.47. The van der Waals surface area contributed by atoms with E-state index in [2.05, 4.69) is 20.3 Å². The molecule has 3 rings (SSSR count). The highest BCUT2D eigenvalue weighted by Gasteiger charge is 2.61. The van der Waals surface area contributed by atoms with E-state index >= 15 is 0 Å². The van der Waals surface area contributed by atoms with E-state index in [1.165, 1.54) is 13.3 Å². The molecule has 0 fully saturated rings. The third-order valence-electron chi connectivity index (χ3n) is 4.62. The molecule has 0 aliphatic carbocycles. The van der Waals surface area contributed by atoms with Crippen LogP contribution >= 0.6 is 0 Å². The topological polar surface area (TPSA) is 102 Å². The number of anilines is 1. The van der Waals surface area contributed by atoms with Crippen LogP contribution in [-0.2, 0) is 5.54 Å². The van der Waals surface area contributed by atoms with Crippen LogP contribution in [0.3, 0.4) is 0 Å². The van der Waals surface area contributed by atoms with Gasteiger partial charge in [0.1, 0.15) is 18.2 Å². The van der Waals surface area contributed by atoms with Gasteiger partial charge in [0.2, 0.25) is 5.88 Å². The lowest BCUT2D eigenvalue weighted by Gasteiger charge is -2.41. The van der Waals surface area contributed by atoms with Crippen molar-refractivity contribution in [1.29, 1.82) is 0 Å². The average Bonchev–Trinajstić information content (AvgIpc) is 2.72. The molecule has 3 N–H and O–H groups in total. The van der Waals surface area contributed by atoms with Crippen LogP contribution in [0.25, 0.3) is 0 Å². The Labute approximate surface area is 163 Å². The molecule has 7 nitrogen and oxygen atoms in total. The van der Waals surface area contributed by atoms with Crippen LogP contribution in [0.5, 0.6) is 5.88 Å². The fourth-order valence-corrected chi connectivity index (χ4v) is 2.96. The lowest BCUT2D eigenvalue weighted by atomic mass is 9.78. The molecule has 1 aromatic carbocycles. The largest absolute Gasteiger partial charge is 0.480 e. The minimum atomic E-state index is -3.85. The number of nitrogens with one attached hydrogen (secondary N) is 1. The van der Waals surface area contributed by atoms with Gasteiger partial charge in [0.15, 0.2) is 5.54 Å². The van der Waals surface area contributed by atoms with Crippen LogP contribution in [0.4, 0.5) is 23.2 Å². The Hall–Kier alpha value is -3.08. The minimum Gasteiger partial charge on any atom is -0.480 e. The van der Waals surface area contributed by atoms with Gasteiger partial charge in [0.05, 0.1) is 25.5 Å². The van der Waals surface area contributed by atoms with Gasteiger partial charge in [-0.1, -0.05) is 0 Å². The monoisotopic (exact) mass is 411 g/mol. The summed E-state index contributed by atoms with van der Waals surface area (Å²) in [4.78, 5) is 23.6. The molecule has 0 bridgehead atoms. The Kier molecular flexibility index (Phi) is 5.51. The number of rotatable bonds is 5. The quantitative estimate of drug-likeness (QED) is 0.736. The van der Waals surface area contributed by atoms with Gasteiger partial charge in [-0.05, 0) is 18.2 Å². The van der Waals surface area contributed by atoms with E-state index in [9.17, 15) is 22.4 Å². The zero-order valence-corrected chi connectivity index (χ0v) is 15.2. The second-order valence-electron chi connectivity index (χ2n) is 6.36. The predicted octanol–water partition coefficient (Wildman–Crippen LogP) is 2.48. The molecule has 2 atom stereocenters. The van der Waals surface area contributed by atoms with Crippen molar-refractivity contribution in [1.82, 2.24) is 9.97 Å². The molecule has 2 unspecified atom stereocenters. The van der Waals surface area contributed by atoms with Gasteiger partial charge in [0.25, 0.3) is 11.8 Å². The Morgan fingerprint density at radius 3 is 2.72 bits per heavy atom. The summed E-state index contributed by atoms with van der Waals surface area (Å²) >= 11 is 0. The van der Waals surface area contributed by atoms with E-state index in [0.29, 0.717) is 0 Å². The summed E-state index contributed by atoms with van der Waals surface area (Å²) in [6.07, 6.45) is 3.13. The fraction of sp³-hybridized carbons (Fsp3) is 0.333. The van der Waals surface area contributed by atoms with Crippen LogP contribution in [0.1, 0.15) is 22.5 Å². The number of hydrogen-bond donors (Lipinski definition) is 2. The van der Waals surface area contributed by atoms with Crippen molar-refractivity contribution in [3.8, 4) is 5.88 Å². The molecule has 29 heavy (non-hydrogen) atoms. The molecule has 1 aliphatic heterocycles. The maximum Gasteiger partial charge on any atom is 0.294 e. The van der Waals surface area contributed by atoms with E-state index < -0.39 is 41.5 Å². The van der Waals surface area contributed by atoms with E-state index in [0.717, 1.165) is 30.6 Å². The summed E-state index contributed by atoms with van der Waals surface area (Å²) in [6, 6.07) is 1.16. The molecule has 0 radical (unpaired) electrons. The van der Waals surface area contributed by atoms with Crippen molar-refractivity contribution in [3.05, 3.63) is 47.7 Å². The van der Waals surface area contributed by atoms with Crippen LogP contribution in [0.15, 0.2) is 35.6 Å². The van der Waals surface area contributed by atoms with Crippen molar-refractivity contribution in [2.24, 2.45) is 10.7 Å². The number of benzene rings is 1. The highest BCUT2D eigenvalue weighted by atomic mass is 19.3. The van der Waals surface area contributed by atoms with Crippen molar-refractivity contribution in [3.63, 3.8) is 0 Å². The average molecular weight is 411 g/mol. The standard InChI is InChI=1S/C18H17F4N5O2/c1-29-15-8-24-13(7-25-15)16(28)27-10-2-3-12(20)11(6-10)17(9-19)18(21,22)14(23)4-5-26-17/h2-3,5-8,14H,4,9,23H2,1H3,(H,27,28). The Bertz CT molecular complexity index is 938. The number of alkyl halides is 3. The van der Waals surface area contributed by atoms with E-state index in [-0.39, 0.29) is 23.7 Å². The lowest BCUT2D eigenvalue weighted by molar-refractivity contribution is -0.108. The molecular weight excluding hydrogens is 394 g/mol. The number of methoxy groups -OCH3 is 1. The van der Waals surface area contributed by atoms with Gasteiger partial charge >= 0.3 is 0 Å². The summed E-state index contributed by atoms with van der Waals surface area (Å²) in [5.74, 6) is -5.50. The van der Waals surface area contributed by atoms with Gasteiger partial charge in [-0.2, -0.15) is 0 Å². The molecule has 1 aromatic heterocycles. The van der Waals surface area contributed by atoms with Crippen LogP contribution in [0, 0.1) is 5.82 Å². The molecule has 1 aliphatic rings. The summed E-state index contributed by atoms with van der Waals surface area (Å²) < 4.78 is 62.6. The van der Waals surface area contributed by atoms with Gasteiger partial charge in [-0.3, -0.25) is 9.79 Å². The summed E-state index contributed by atoms with van der Waals surface area (Å²) in [5, 5.41) is 2.38. The van der Waals surface area contributed by atoms with Crippen LogP contribution in [0.2, 0.25) is 0 Å². The number of ether oxygens (including phenoxy) is 1. The van der Waals surface area contributed by atoms with E-state index in [4.69, 9.17) is 10.5 Å². The van der Waals surface area contributed by atoms with E-state index in [1.807, 2.05) is 0 Å². The highest BCUT2D eigenvalue weighted by molar-refractivity contribution is 6.02. The molecular formula is C18H17F4N5O2. The summed E-state index contributed by atoms with van der Waals surface area (Å²) in [7, 11) is 1.37. The number of carbonyl (C=O) groups is 1. The van der Waals surface area contributed by atoms with Crippen molar-refractivity contribution in [2.45, 2.75) is 23.9 Å². The maximum absolute atomic E-state index is 14.8. The second kappa shape index (κ2) is 7.74. The Morgan fingerprint density at radius 1 is 1.34 bits per heavy atom. The molecule has 2 heterocycles. The number of aliphatic imine (C=N–C) groups is 1. The zero-order valence-electron chi connectivity index (χ0n) is 15.2. The summed E-state index contributed by atoms with van der Waals surface area (Å²) in [6.45, 7) is -1.68. The number of nitrogens with two attached hydrogens (primary N) is 1. The molecule has 0 saturated carbocycles. The molecule has 11 heteroatoms.